The van der Waals surface area contributed by atoms with Crippen LogP contribution >= 0.6 is 0 Å². The third kappa shape index (κ3) is 4.47. The molecule has 6 heteroatoms. The fourth-order valence-electron chi connectivity index (χ4n) is 2.81. The van der Waals surface area contributed by atoms with Crippen molar-refractivity contribution in [1.82, 2.24) is 15.1 Å². The zero-order valence-electron chi connectivity index (χ0n) is 14.9. The van der Waals surface area contributed by atoms with Crippen LogP contribution in [0.15, 0.2) is 71.5 Å². The number of nitrogens with zero attached hydrogens (tertiary/aromatic N) is 2. The molecular weight excluding hydrogens is 345 g/mol. The fourth-order valence-corrected chi connectivity index (χ4v) is 2.81. The van der Waals surface area contributed by atoms with Crippen LogP contribution in [0.3, 0.4) is 0 Å². The number of halogens is 1. The molecule has 1 N–H and O–H groups in total. The summed E-state index contributed by atoms with van der Waals surface area (Å²) >= 11 is 0. The largest absolute Gasteiger partial charge is 0.340 e. The van der Waals surface area contributed by atoms with Crippen molar-refractivity contribution in [2.24, 2.45) is 0 Å². The van der Waals surface area contributed by atoms with Crippen LogP contribution in [0.4, 0.5) is 4.39 Å². The van der Waals surface area contributed by atoms with E-state index < -0.39 is 11.9 Å². The number of nitrogens with one attached hydrogen (secondary N) is 1. The smallest absolute Gasteiger partial charge is 0.272 e. The maximum absolute atomic E-state index is 13.3. The normalized spacial score (nSPS) is 11.8. The Morgan fingerprint density at radius 1 is 1.04 bits per heavy atom. The van der Waals surface area contributed by atoms with Gasteiger partial charge in [0.1, 0.15) is 11.5 Å². The quantitative estimate of drug-likeness (QED) is 0.729. The molecular formula is C21H20FN3O2. The van der Waals surface area contributed by atoms with Crippen LogP contribution in [-0.4, -0.2) is 15.7 Å². The Labute approximate surface area is 156 Å². The Balaban J connectivity index is 1.92. The molecule has 3 rings (SSSR count). The minimum Gasteiger partial charge on any atom is -0.340 e. The third-order valence-corrected chi connectivity index (χ3v) is 4.15. The first-order valence-corrected chi connectivity index (χ1v) is 8.78. The number of benzene rings is 2. The molecule has 2 aromatic carbocycles. The van der Waals surface area contributed by atoms with Crippen molar-refractivity contribution in [2.75, 3.05) is 0 Å². The second kappa shape index (κ2) is 8.40. The molecule has 3 aromatic rings. The monoisotopic (exact) mass is 365 g/mol. The van der Waals surface area contributed by atoms with Gasteiger partial charge in [0.15, 0.2) is 0 Å². The highest BCUT2D eigenvalue weighted by atomic mass is 19.1. The van der Waals surface area contributed by atoms with E-state index in [-0.39, 0.29) is 17.1 Å². The molecule has 0 aliphatic heterocycles. The molecule has 0 radical (unpaired) electrons. The number of carbonyl (C=O) groups is 1. The highest BCUT2D eigenvalue weighted by Gasteiger charge is 2.19. The summed E-state index contributed by atoms with van der Waals surface area (Å²) < 4.78 is 14.6. The molecule has 0 spiro atoms. The summed E-state index contributed by atoms with van der Waals surface area (Å²) in [6.45, 7) is 2.38. The lowest BCUT2D eigenvalue weighted by molar-refractivity contribution is 0.0935. The SMILES string of the molecule is CCCn1nc(C(=O)NC(c2ccccc2)c2ccc(F)cc2)ccc1=O. The Morgan fingerprint density at radius 2 is 1.70 bits per heavy atom. The van der Waals surface area contributed by atoms with E-state index in [4.69, 9.17) is 0 Å². The lowest BCUT2D eigenvalue weighted by atomic mass is 9.98. The molecule has 27 heavy (non-hydrogen) atoms. The summed E-state index contributed by atoms with van der Waals surface area (Å²) in [5.74, 6) is -0.747. The van der Waals surface area contributed by atoms with E-state index in [0.29, 0.717) is 6.54 Å². The summed E-state index contributed by atoms with van der Waals surface area (Å²) in [6, 6.07) is 17.7. The molecule has 5 nitrogen and oxygen atoms in total. The van der Waals surface area contributed by atoms with E-state index in [1.165, 1.54) is 28.9 Å². The van der Waals surface area contributed by atoms with Gasteiger partial charge in [0.05, 0.1) is 6.04 Å². The van der Waals surface area contributed by atoms with Gasteiger partial charge < -0.3 is 5.32 Å². The molecule has 0 bridgehead atoms. The molecule has 0 saturated carbocycles. The second-order valence-corrected chi connectivity index (χ2v) is 6.15. The number of aromatic nitrogens is 2. The highest BCUT2D eigenvalue weighted by Crippen LogP contribution is 2.22. The number of aryl methyl sites for hydroxylation is 1. The van der Waals surface area contributed by atoms with E-state index in [1.807, 2.05) is 37.3 Å². The van der Waals surface area contributed by atoms with Crippen LogP contribution in [0.25, 0.3) is 0 Å². The van der Waals surface area contributed by atoms with E-state index in [0.717, 1.165) is 17.5 Å². The predicted octanol–water partition coefficient (Wildman–Crippen LogP) is 3.31. The molecule has 1 heterocycles. The van der Waals surface area contributed by atoms with E-state index >= 15 is 0 Å². The lowest BCUT2D eigenvalue weighted by Crippen LogP contribution is -2.32. The van der Waals surface area contributed by atoms with Gasteiger partial charge in [0, 0.05) is 12.6 Å². The Bertz CT molecular complexity index is 969. The maximum Gasteiger partial charge on any atom is 0.272 e. The van der Waals surface area contributed by atoms with E-state index in [1.54, 1.807) is 12.1 Å². The van der Waals surface area contributed by atoms with Crippen LogP contribution in [0.2, 0.25) is 0 Å². The average molecular weight is 365 g/mol. The van der Waals surface area contributed by atoms with Crippen molar-refractivity contribution in [1.29, 1.82) is 0 Å². The zero-order valence-corrected chi connectivity index (χ0v) is 14.9. The molecule has 1 amide bonds. The van der Waals surface area contributed by atoms with Gasteiger partial charge in [-0.3, -0.25) is 9.59 Å². The van der Waals surface area contributed by atoms with Crippen LogP contribution in [0, 0.1) is 5.82 Å². The van der Waals surface area contributed by atoms with Crippen molar-refractivity contribution in [3.63, 3.8) is 0 Å². The molecule has 0 aliphatic rings. The van der Waals surface area contributed by atoms with Gasteiger partial charge in [0.2, 0.25) is 0 Å². The molecule has 138 valence electrons. The van der Waals surface area contributed by atoms with Crippen molar-refractivity contribution < 1.29 is 9.18 Å². The molecule has 1 atom stereocenters. The number of amides is 1. The Morgan fingerprint density at radius 3 is 2.37 bits per heavy atom. The van der Waals surface area contributed by atoms with Crippen molar-refractivity contribution in [2.45, 2.75) is 25.9 Å². The van der Waals surface area contributed by atoms with Crippen molar-refractivity contribution in [3.8, 4) is 0 Å². The maximum atomic E-state index is 13.3. The van der Waals surface area contributed by atoms with Crippen LogP contribution in [0.5, 0.6) is 0 Å². The first-order chi connectivity index (χ1) is 13.1. The molecule has 0 saturated heterocycles. The van der Waals surface area contributed by atoms with Crippen molar-refractivity contribution in [3.05, 3.63) is 99.7 Å². The average Bonchev–Trinajstić information content (AvgIpc) is 2.69. The van der Waals surface area contributed by atoms with Crippen molar-refractivity contribution >= 4 is 5.91 Å². The van der Waals surface area contributed by atoms with Gasteiger partial charge in [-0.05, 0) is 35.7 Å². The third-order valence-electron chi connectivity index (χ3n) is 4.15. The number of hydrogen-bond acceptors (Lipinski definition) is 3. The Kier molecular flexibility index (Phi) is 5.76. The summed E-state index contributed by atoms with van der Waals surface area (Å²) in [5, 5.41) is 7.08. The number of hydrogen-bond donors (Lipinski definition) is 1. The van der Waals surface area contributed by atoms with E-state index in [9.17, 15) is 14.0 Å². The topological polar surface area (TPSA) is 64.0 Å². The second-order valence-electron chi connectivity index (χ2n) is 6.15. The van der Waals surface area contributed by atoms with Gasteiger partial charge in [-0.1, -0.05) is 49.4 Å². The minimum absolute atomic E-state index is 0.158. The molecule has 1 unspecified atom stereocenters. The first-order valence-electron chi connectivity index (χ1n) is 8.78. The standard InChI is InChI=1S/C21H20FN3O2/c1-2-14-25-19(26)13-12-18(24-25)21(27)23-20(15-6-4-3-5-7-15)16-8-10-17(22)11-9-16/h3-13,20H,2,14H2,1H3,(H,23,27). The van der Waals surface area contributed by atoms with Crippen LogP contribution in [-0.2, 0) is 6.54 Å². The van der Waals surface area contributed by atoms with Crippen LogP contribution in [0.1, 0.15) is 41.0 Å². The van der Waals surface area contributed by atoms with E-state index in [2.05, 4.69) is 10.4 Å². The molecule has 0 aliphatic carbocycles. The van der Waals surface area contributed by atoms with Gasteiger partial charge >= 0.3 is 0 Å². The van der Waals surface area contributed by atoms with Crippen LogP contribution < -0.4 is 10.9 Å². The fraction of sp³-hybridized carbons (Fsp3) is 0.190. The number of rotatable bonds is 6. The summed E-state index contributed by atoms with van der Waals surface area (Å²) in [6.07, 6.45) is 0.736. The lowest BCUT2D eigenvalue weighted by Gasteiger charge is -2.20. The highest BCUT2D eigenvalue weighted by molar-refractivity contribution is 5.92. The Hall–Kier alpha value is -3.28. The zero-order chi connectivity index (χ0) is 19.2. The summed E-state index contributed by atoms with van der Waals surface area (Å²) in [7, 11) is 0. The van der Waals surface area contributed by atoms with Gasteiger partial charge in [-0.2, -0.15) is 5.10 Å². The molecule has 0 fully saturated rings. The van der Waals surface area contributed by atoms with Gasteiger partial charge in [-0.15, -0.1) is 0 Å². The molecule has 1 aromatic heterocycles. The van der Waals surface area contributed by atoms with Gasteiger partial charge in [-0.25, -0.2) is 9.07 Å². The van der Waals surface area contributed by atoms with Gasteiger partial charge in [0.25, 0.3) is 11.5 Å². The summed E-state index contributed by atoms with van der Waals surface area (Å²) in [5.41, 5.74) is 1.52. The number of carbonyl (C=O) groups excluding carboxylic acids is 1. The first kappa shape index (κ1) is 18.5. The summed E-state index contributed by atoms with van der Waals surface area (Å²) in [4.78, 5) is 24.6. The predicted molar refractivity (Wildman–Crippen MR) is 101 cm³/mol. The minimum atomic E-state index is -0.465.